The third-order valence-electron chi connectivity index (χ3n) is 3.12. The fourth-order valence-electron chi connectivity index (χ4n) is 2.32. The predicted octanol–water partition coefficient (Wildman–Crippen LogP) is 1.94. The standard InChI is InChI=1S/C13H11N3O/c14-8-12-9-4-3-5-10(9)15-16(12)11-6-1-2-7-13(11)17/h1-2,6-7,17H,3-5H2. The number of aromatic nitrogens is 2. The van der Waals surface area contributed by atoms with Gasteiger partial charge in [0.05, 0.1) is 5.69 Å². The van der Waals surface area contributed by atoms with E-state index in [2.05, 4.69) is 11.2 Å². The van der Waals surface area contributed by atoms with E-state index >= 15 is 0 Å². The maximum Gasteiger partial charge on any atom is 0.147 e. The van der Waals surface area contributed by atoms with Crippen molar-refractivity contribution in [2.45, 2.75) is 19.3 Å². The topological polar surface area (TPSA) is 61.8 Å². The summed E-state index contributed by atoms with van der Waals surface area (Å²) in [7, 11) is 0. The first-order valence-electron chi connectivity index (χ1n) is 5.60. The number of phenolic OH excluding ortho intramolecular Hbond substituents is 1. The zero-order chi connectivity index (χ0) is 11.8. The van der Waals surface area contributed by atoms with Gasteiger partial charge in [-0.3, -0.25) is 0 Å². The number of rotatable bonds is 1. The Kier molecular flexibility index (Phi) is 2.12. The number of aromatic hydroxyl groups is 1. The van der Waals surface area contributed by atoms with Crippen molar-refractivity contribution in [3.63, 3.8) is 0 Å². The Morgan fingerprint density at radius 3 is 2.88 bits per heavy atom. The number of phenols is 1. The summed E-state index contributed by atoms with van der Waals surface area (Å²) < 4.78 is 1.55. The number of hydrogen-bond acceptors (Lipinski definition) is 3. The molecule has 0 aliphatic heterocycles. The monoisotopic (exact) mass is 225 g/mol. The molecule has 4 heteroatoms. The van der Waals surface area contributed by atoms with Gasteiger partial charge in [0, 0.05) is 5.56 Å². The number of nitriles is 1. The van der Waals surface area contributed by atoms with E-state index in [1.165, 1.54) is 0 Å². The number of benzene rings is 1. The molecule has 0 radical (unpaired) electrons. The molecule has 17 heavy (non-hydrogen) atoms. The third-order valence-corrected chi connectivity index (χ3v) is 3.12. The summed E-state index contributed by atoms with van der Waals surface area (Å²) in [5.74, 6) is 0.144. The quantitative estimate of drug-likeness (QED) is 0.806. The molecule has 0 bridgehead atoms. The summed E-state index contributed by atoms with van der Waals surface area (Å²) >= 11 is 0. The van der Waals surface area contributed by atoms with Crippen molar-refractivity contribution in [3.05, 3.63) is 41.2 Å². The fourth-order valence-corrected chi connectivity index (χ4v) is 2.32. The van der Waals surface area contributed by atoms with Crippen LogP contribution in [0.15, 0.2) is 24.3 Å². The molecule has 0 saturated carbocycles. The molecule has 0 unspecified atom stereocenters. The number of aryl methyl sites for hydroxylation is 1. The van der Waals surface area contributed by atoms with Gasteiger partial charge < -0.3 is 5.11 Å². The molecule has 0 amide bonds. The second kappa shape index (κ2) is 3.63. The summed E-state index contributed by atoms with van der Waals surface area (Å²) in [5, 5.41) is 23.5. The number of fused-ring (bicyclic) bond motifs is 1. The Balaban J connectivity index is 2.23. The highest BCUT2D eigenvalue weighted by molar-refractivity contribution is 5.50. The average molecular weight is 225 g/mol. The van der Waals surface area contributed by atoms with E-state index in [0.29, 0.717) is 11.4 Å². The van der Waals surface area contributed by atoms with Crippen molar-refractivity contribution >= 4 is 0 Å². The highest BCUT2D eigenvalue weighted by atomic mass is 16.3. The first kappa shape index (κ1) is 9.91. The summed E-state index contributed by atoms with van der Waals surface area (Å²) in [5.41, 5.74) is 3.15. The van der Waals surface area contributed by atoms with Gasteiger partial charge in [-0.05, 0) is 31.4 Å². The van der Waals surface area contributed by atoms with Crippen LogP contribution in [-0.2, 0) is 12.8 Å². The summed E-state index contributed by atoms with van der Waals surface area (Å²) in [6, 6.07) is 9.13. The van der Waals surface area contributed by atoms with Crippen molar-refractivity contribution in [2.24, 2.45) is 0 Å². The van der Waals surface area contributed by atoms with Gasteiger partial charge in [0.15, 0.2) is 0 Å². The van der Waals surface area contributed by atoms with Crippen LogP contribution in [0.5, 0.6) is 5.75 Å². The van der Waals surface area contributed by atoms with E-state index in [9.17, 15) is 10.4 Å². The molecule has 3 rings (SSSR count). The molecule has 84 valence electrons. The van der Waals surface area contributed by atoms with Crippen LogP contribution in [-0.4, -0.2) is 14.9 Å². The maximum atomic E-state index is 9.80. The molecule has 1 aliphatic carbocycles. The highest BCUT2D eigenvalue weighted by Crippen LogP contribution is 2.29. The molecule has 1 aromatic carbocycles. The van der Waals surface area contributed by atoms with E-state index in [0.717, 1.165) is 30.5 Å². The third kappa shape index (κ3) is 1.40. The lowest BCUT2D eigenvalue weighted by Gasteiger charge is -2.05. The van der Waals surface area contributed by atoms with Crippen molar-refractivity contribution in [3.8, 4) is 17.5 Å². The molecule has 0 saturated heterocycles. The van der Waals surface area contributed by atoms with Crippen molar-refractivity contribution in [1.82, 2.24) is 9.78 Å². The number of para-hydroxylation sites is 2. The number of nitrogens with zero attached hydrogens (tertiary/aromatic N) is 3. The molecule has 1 aliphatic rings. The molecule has 1 heterocycles. The SMILES string of the molecule is N#Cc1c2c(nn1-c1ccccc1O)CCC2. The van der Waals surface area contributed by atoms with Crippen LogP contribution < -0.4 is 0 Å². The maximum absolute atomic E-state index is 9.80. The fraction of sp³-hybridized carbons (Fsp3) is 0.231. The average Bonchev–Trinajstić information content (AvgIpc) is 2.89. The molecule has 0 spiro atoms. The Bertz CT molecular complexity index is 622. The van der Waals surface area contributed by atoms with Gasteiger partial charge in [0.25, 0.3) is 0 Å². The van der Waals surface area contributed by atoms with E-state index in [1.54, 1.807) is 22.9 Å². The summed E-state index contributed by atoms with van der Waals surface area (Å²) in [4.78, 5) is 0. The molecule has 1 aromatic heterocycles. The van der Waals surface area contributed by atoms with Gasteiger partial charge in [-0.1, -0.05) is 12.1 Å². The van der Waals surface area contributed by atoms with Gasteiger partial charge in [-0.2, -0.15) is 10.4 Å². The van der Waals surface area contributed by atoms with Gasteiger partial charge in [-0.25, -0.2) is 4.68 Å². The van der Waals surface area contributed by atoms with E-state index < -0.39 is 0 Å². The molecule has 0 atom stereocenters. The van der Waals surface area contributed by atoms with Gasteiger partial charge >= 0.3 is 0 Å². The lowest BCUT2D eigenvalue weighted by molar-refractivity contribution is 0.470. The number of hydrogen-bond donors (Lipinski definition) is 1. The van der Waals surface area contributed by atoms with Gasteiger partial charge in [-0.15, -0.1) is 0 Å². The predicted molar refractivity (Wildman–Crippen MR) is 62.0 cm³/mol. The van der Waals surface area contributed by atoms with Crippen molar-refractivity contribution in [1.29, 1.82) is 5.26 Å². The normalized spacial score (nSPS) is 13.4. The minimum Gasteiger partial charge on any atom is -0.506 e. The van der Waals surface area contributed by atoms with Crippen LogP contribution >= 0.6 is 0 Å². The van der Waals surface area contributed by atoms with E-state index in [-0.39, 0.29) is 5.75 Å². The highest BCUT2D eigenvalue weighted by Gasteiger charge is 2.23. The van der Waals surface area contributed by atoms with Gasteiger partial charge in [0.1, 0.15) is 23.2 Å². The first-order valence-corrected chi connectivity index (χ1v) is 5.60. The first-order chi connectivity index (χ1) is 8.31. The van der Waals surface area contributed by atoms with Crippen LogP contribution in [0.1, 0.15) is 23.4 Å². The zero-order valence-corrected chi connectivity index (χ0v) is 9.22. The Morgan fingerprint density at radius 1 is 1.29 bits per heavy atom. The zero-order valence-electron chi connectivity index (χ0n) is 9.22. The molecular weight excluding hydrogens is 214 g/mol. The Labute approximate surface area is 98.7 Å². The summed E-state index contributed by atoms with van der Waals surface area (Å²) in [6.07, 6.45) is 2.89. The second-order valence-electron chi connectivity index (χ2n) is 4.14. The van der Waals surface area contributed by atoms with Crippen molar-refractivity contribution in [2.75, 3.05) is 0 Å². The van der Waals surface area contributed by atoms with Gasteiger partial charge in [0.2, 0.25) is 0 Å². The minimum atomic E-state index is 0.144. The Morgan fingerprint density at radius 2 is 2.12 bits per heavy atom. The summed E-state index contributed by atoms with van der Waals surface area (Å²) in [6.45, 7) is 0. The Hall–Kier alpha value is -2.28. The van der Waals surface area contributed by atoms with E-state index in [4.69, 9.17) is 0 Å². The second-order valence-corrected chi connectivity index (χ2v) is 4.14. The molecule has 1 N–H and O–H groups in total. The van der Waals surface area contributed by atoms with Crippen LogP contribution in [0.4, 0.5) is 0 Å². The van der Waals surface area contributed by atoms with Crippen LogP contribution in [0.25, 0.3) is 5.69 Å². The van der Waals surface area contributed by atoms with Crippen LogP contribution in [0.3, 0.4) is 0 Å². The molecule has 2 aromatic rings. The van der Waals surface area contributed by atoms with E-state index in [1.807, 2.05) is 6.07 Å². The molecule has 4 nitrogen and oxygen atoms in total. The van der Waals surface area contributed by atoms with Crippen LogP contribution in [0.2, 0.25) is 0 Å². The molecular formula is C13H11N3O. The van der Waals surface area contributed by atoms with Crippen LogP contribution in [0, 0.1) is 11.3 Å². The molecule has 0 fully saturated rings. The lowest BCUT2D eigenvalue weighted by Crippen LogP contribution is -2.01. The largest absolute Gasteiger partial charge is 0.506 e. The minimum absolute atomic E-state index is 0.144. The smallest absolute Gasteiger partial charge is 0.147 e. The lowest BCUT2D eigenvalue weighted by atomic mass is 10.2. The van der Waals surface area contributed by atoms with Crippen molar-refractivity contribution < 1.29 is 5.11 Å².